The summed E-state index contributed by atoms with van der Waals surface area (Å²) in [5.41, 5.74) is 0. The van der Waals surface area contributed by atoms with Crippen molar-refractivity contribution in [2.45, 2.75) is 136 Å². The average molecular weight is 494 g/mol. The largest absolute Gasteiger partial charge is 1.00 e. The first-order valence-electron chi connectivity index (χ1n) is 13.8. The maximum absolute atomic E-state index is 11.9. The highest BCUT2D eigenvalue weighted by Gasteiger charge is 2.36. The van der Waals surface area contributed by atoms with Crippen molar-refractivity contribution in [3.63, 3.8) is 0 Å². The minimum absolute atomic E-state index is 0. The molecule has 0 saturated heterocycles. The second-order valence-corrected chi connectivity index (χ2v) is 14.0. The molecule has 0 spiro atoms. The van der Waals surface area contributed by atoms with E-state index in [0.717, 1.165) is 6.29 Å². The lowest BCUT2D eigenvalue weighted by atomic mass is 10.1. The summed E-state index contributed by atoms with van der Waals surface area (Å²) in [6.07, 6.45) is 29.3. The highest BCUT2D eigenvalue weighted by Crippen LogP contribution is 2.60. The zero-order valence-corrected chi connectivity index (χ0v) is 23.8. The third-order valence-corrected chi connectivity index (χ3v) is 11.3. The molecule has 0 aromatic carbocycles. The summed E-state index contributed by atoms with van der Waals surface area (Å²) in [7, 11) is 0.349. The fourth-order valence-corrected chi connectivity index (χ4v) is 8.85. The number of rotatable bonds is 23. The molecule has 0 aliphatic carbocycles. The van der Waals surface area contributed by atoms with Crippen molar-refractivity contribution >= 4 is 13.4 Å². The van der Waals surface area contributed by atoms with Crippen molar-refractivity contribution in [1.82, 2.24) is 5.32 Å². The van der Waals surface area contributed by atoms with Gasteiger partial charge in [0.05, 0.1) is 25.6 Å². The molecule has 0 rings (SSSR count). The highest BCUT2D eigenvalue weighted by molar-refractivity contribution is 7.75. The van der Waals surface area contributed by atoms with Crippen LogP contribution in [0.3, 0.4) is 0 Å². The predicted octanol–water partition coefficient (Wildman–Crippen LogP) is 6.40. The molecule has 0 aliphatic heterocycles. The number of unbranched alkanes of at least 4 members (excludes halogenated alkanes) is 15. The van der Waals surface area contributed by atoms with Crippen LogP contribution in [0.1, 0.15) is 136 Å². The molecule has 0 radical (unpaired) electrons. The highest BCUT2D eigenvalue weighted by atomic mass is 35.5. The van der Waals surface area contributed by atoms with Crippen LogP contribution in [0, 0.1) is 0 Å². The molecule has 3 nitrogen and oxygen atoms in total. The fraction of sp³-hybridized carbons (Fsp3) is 0.963. The van der Waals surface area contributed by atoms with Gasteiger partial charge in [0.25, 0.3) is 0 Å². The van der Waals surface area contributed by atoms with Crippen molar-refractivity contribution in [1.29, 1.82) is 0 Å². The molecule has 0 aromatic heterocycles. The van der Waals surface area contributed by atoms with Crippen LogP contribution in [0.4, 0.5) is 4.79 Å². The van der Waals surface area contributed by atoms with Gasteiger partial charge in [-0.1, -0.05) is 97.8 Å². The number of hydrogen-bond donors (Lipinski definition) is 1. The second kappa shape index (κ2) is 25.6. The zero-order chi connectivity index (χ0) is 23.0. The Hall–Kier alpha value is -0.0100. The van der Waals surface area contributed by atoms with Gasteiger partial charge in [-0.25, -0.2) is 4.79 Å². The third kappa shape index (κ3) is 20.6. The minimum atomic E-state index is -1.14. The first kappa shape index (κ1) is 34.2. The molecule has 0 bridgehead atoms. The number of amides is 1. The molecule has 0 atom stereocenters. The van der Waals surface area contributed by atoms with E-state index in [2.05, 4.69) is 26.1 Å². The summed E-state index contributed by atoms with van der Waals surface area (Å²) >= 11 is 0. The predicted molar refractivity (Wildman–Crippen MR) is 142 cm³/mol. The Labute approximate surface area is 208 Å². The third-order valence-electron chi connectivity index (χ3n) is 6.70. The zero-order valence-electron chi connectivity index (χ0n) is 22.2. The van der Waals surface area contributed by atoms with Crippen LogP contribution in [0.15, 0.2) is 0 Å². The lowest BCUT2D eigenvalue weighted by molar-refractivity contribution is -0.0000120. The molecule has 0 aliphatic rings. The molecular weight excluding hydrogens is 437 g/mol. The number of carbonyl (C=O) groups is 1. The molecule has 0 saturated carbocycles. The second-order valence-electron chi connectivity index (χ2n) is 9.64. The van der Waals surface area contributed by atoms with Gasteiger partial charge in [0.15, 0.2) is 0 Å². The monoisotopic (exact) mass is 493 g/mol. The summed E-state index contributed by atoms with van der Waals surface area (Å²) in [6, 6.07) is 0. The van der Waals surface area contributed by atoms with Gasteiger partial charge in [0.2, 0.25) is 0 Å². The number of methoxy groups -OCH3 is 1. The Morgan fingerprint density at radius 2 is 0.906 bits per heavy atom. The number of nitrogens with one attached hydrogen (secondary N) is 1. The first-order chi connectivity index (χ1) is 15.1. The molecule has 32 heavy (non-hydrogen) atoms. The van der Waals surface area contributed by atoms with E-state index in [9.17, 15) is 4.79 Å². The van der Waals surface area contributed by atoms with Gasteiger partial charge in [0.1, 0.15) is 6.29 Å². The maximum atomic E-state index is 11.9. The first-order valence-corrected chi connectivity index (χ1v) is 16.3. The van der Waals surface area contributed by atoms with Crippen molar-refractivity contribution in [2.75, 3.05) is 31.9 Å². The Balaban J connectivity index is 0. The van der Waals surface area contributed by atoms with Crippen LogP contribution in [0.2, 0.25) is 0 Å². The molecule has 194 valence electrons. The SMILES string of the molecule is CCCCCCCC[P+](CCCCCCCC)(CCCCCCCC)CNC(=O)OC.[Cl-]. The normalized spacial score (nSPS) is 11.2. The summed E-state index contributed by atoms with van der Waals surface area (Å²) in [4.78, 5) is 11.9. The van der Waals surface area contributed by atoms with E-state index in [1.165, 1.54) is 141 Å². The topological polar surface area (TPSA) is 38.3 Å². The van der Waals surface area contributed by atoms with Crippen LogP contribution in [-0.2, 0) is 4.74 Å². The maximum Gasteiger partial charge on any atom is 0.409 e. The Kier molecular flexibility index (Phi) is 27.3. The number of halogens is 1. The Morgan fingerprint density at radius 3 is 1.22 bits per heavy atom. The van der Waals surface area contributed by atoms with Crippen LogP contribution < -0.4 is 17.7 Å². The smallest absolute Gasteiger partial charge is 0.409 e. The van der Waals surface area contributed by atoms with Crippen molar-refractivity contribution < 1.29 is 21.9 Å². The quantitative estimate of drug-likeness (QED) is 0.132. The van der Waals surface area contributed by atoms with Crippen molar-refractivity contribution in [3.8, 4) is 0 Å². The molecule has 1 N–H and O–H groups in total. The summed E-state index contributed by atoms with van der Waals surface area (Å²) < 4.78 is 4.92. The standard InChI is InChI=1S/C27H56NO2P.ClH/c1-5-8-11-14-17-20-23-31(26-28-27(29)30-4,24-21-18-15-12-9-6-2)25-22-19-16-13-10-7-3;/h5-26H2,1-4H3;1H. The van der Waals surface area contributed by atoms with E-state index in [0.29, 0.717) is 0 Å². The lowest BCUT2D eigenvalue weighted by Gasteiger charge is -2.28. The van der Waals surface area contributed by atoms with Crippen LogP contribution >= 0.6 is 7.26 Å². The number of hydrogen-bond acceptors (Lipinski definition) is 2. The van der Waals surface area contributed by atoms with Gasteiger partial charge < -0.3 is 17.1 Å². The van der Waals surface area contributed by atoms with E-state index < -0.39 is 7.26 Å². The van der Waals surface area contributed by atoms with E-state index >= 15 is 0 Å². The van der Waals surface area contributed by atoms with Gasteiger partial charge in [-0.15, -0.1) is 0 Å². The van der Waals surface area contributed by atoms with Gasteiger partial charge >= 0.3 is 6.09 Å². The van der Waals surface area contributed by atoms with E-state index in [1.54, 1.807) is 0 Å². The summed E-state index contributed by atoms with van der Waals surface area (Å²) in [6.45, 7) is 6.86. The van der Waals surface area contributed by atoms with Crippen LogP contribution in [0.5, 0.6) is 0 Å². The van der Waals surface area contributed by atoms with Crippen LogP contribution in [-0.4, -0.2) is 38.0 Å². The number of carbonyl (C=O) groups excluding carboxylic acids is 1. The molecule has 5 heteroatoms. The number of ether oxygens (including phenoxy) is 1. The summed E-state index contributed by atoms with van der Waals surface area (Å²) in [5.74, 6) is 0. The fourth-order valence-electron chi connectivity index (χ4n) is 4.56. The molecule has 0 unspecified atom stereocenters. The molecule has 0 fully saturated rings. The van der Waals surface area contributed by atoms with Gasteiger partial charge in [0, 0.05) is 7.26 Å². The number of alkyl carbamates (subject to hydrolysis) is 1. The molecular formula is C27H57ClNO2P. The molecule has 0 aromatic rings. The van der Waals surface area contributed by atoms with E-state index in [-0.39, 0.29) is 18.5 Å². The van der Waals surface area contributed by atoms with E-state index in [4.69, 9.17) is 4.74 Å². The lowest BCUT2D eigenvalue weighted by Crippen LogP contribution is -3.00. The Bertz CT molecular complexity index is 355. The van der Waals surface area contributed by atoms with Gasteiger partial charge in [-0.2, -0.15) is 0 Å². The van der Waals surface area contributed by atoms with Crippen molar-refractivity contribution in [3.05, 3.63) is 0 Å². The molecule has 1 amide bonds. The van der Waals surface area contributed by atoms with Crippen LogP contribution in [0.25, 0.3) is 0 Å². The van der Waals surface area contributed by atoms with Gasteiger partial charge in [-0.3, -0.25) is 5.32 Å². The van der Waals surface area contributed by atoms with Crippen molar-refractivity contribution in [2.24, 2.45) is 0 Å². The summed E-state index contributed by atoms with van der Waals surface area (Å²) in [5, 5.41) is 3.15. The van der Waals surface area contributed by atoms with Gasteiger partial charge in [-0.05, 0) is 38.5 Å². The molecule has 0 heterocycles. The Morgan fingerprint density at radius 1 is 0.594 bits per heavy atom. The minimum Gasteiger partial charge on any atom is -1.00 e. The van der Waals surface area contributed by atoms with E-state index in [1.807, 2.05) is 0 Å². The average Bonchev–Trinajstić information content (AvgIpc) is 2.79.